The van der Waals surface area contributed by atoms with Crippen molar-refractivity contribution in [3.05, 3.63) is 23.8 Å². The summed E-state index contributed by atoms with van der Waals surface area (Å²) in [6.07, 6.45) is 4.08. The number of phenolic OH excluding ortho intramolecular Hbond substituents is 1. The molecule has 1 fully saturated rings. The van der Waals surface area contributed by atoms with Crippen LogP contribution in [0.2, 0.25) is 0 Å². The summed E-state index contributed by atoms with van der Waals surface area (Å²) in [7, 11) is 2.11. The molecule has 0 amide bonds. The molecule has 0 bridgehead atoms. The van der Waals surface area contributed by atoms with Gasteiger partial charge in [0.2, 0.25) is 0 Å². The minimum Gasteiger partial charge on any atom is -0.508 e. The number of nitrogens with one attached hydrogen (secondary N) is 1. The molecule has 3 nitrogen and oxygen atoms in total. The van der Waals surface area contributed by atoms with Crippen LogP contribution < -0.4 is 10.2 Å². The molecule has 0 saturated heterocycles. The molecular formula is C16H26N2O. The zero-order valence-corrected chi connectivity index (χ0v) is 12.3. The summed E-state index contributed by atoms with van der Waals surface area (Å²) in [5.74, 6) is 1.24. The molecule has 19 heavy (non-hydrogen) atoms. The Morgan fingerprint density at radius 2 is 2.16 bits per heavy atom. The van der Waals surface area contributed by atoms with E-state index in [1.807, 2.05) is 12.1 Å². The highest BCUT2D eigenvalue weighted by Crippen LogP contribution is 2.31. The van der Waals surface area contributed by atoms with E-state index in [0.29, 0.717) is 5.75 Å². The van der Waals surface area contributed by atoms with Crippen molar-refractivity contribution in [1.82, 2.24) is 5.32 Å². The fourth-order valence-electron chi connectivity index (χ4n) is 2.72. The fraction of sp³-hybridized carbons (Fsp3) is 0.625. The molecule has 0 heterocycles. The Kier molecular flexibility index (Phi) is 4.70. The molecule has 1 atom stereocenters. The van der Waals surface area contributed by atoms with E-state index in [0.717, 1.165) is 30.3 Å². The maximum atomic E-state index is 10.2. The molecule has 1 aromatic rings. The molecule has 0 aliphatic heterocycles. The predicted molar refractivity (Wildman–Crippen MR) is 80.8 cm³/mol. The molecule has 2 N–H and O–H groups in total. The van der Waals surface area contributed by atoms with Gasteiger partial charge in [0.15, 0.2) is 0 Å². The Balaban J connectivity index is 2.04. The van der Waals surface area contributed by atoms with Crippen molar-refractivity contribution in [2.75, 3.05) is 25.0 Å². The number of rotatable bonds is 6. The standard InChI is InChI=1S/C16H26N2O/c1-4-17-12(2)15-9-8-14(10-16(15)19)18(3)11-13-6-5-7-13/h8-10,12-13,17,19H,4-7,11H2,1-3H3. The number of nitrogens with zero attached hydrogens (tertiary/aromatic N) is 1. The molecule has 1 saturated carbocycles. The fourth-order valence-corrected chi connectivity index (χ4v) is 2.72. The van der Waals surface area contributed by atoms with E-state index in [-0.39, 0.29) is 6.04 Å². The van der Waals surface area contributed by atoms with Gasteiger partial charge in [0.25, 0.3) is 0 Å². The van der Waals surface area contributed by atoms with Crippen molar-refractivity contribution in [3.8, 4) is 5.75 Å². The van der Waals surface area contributed by atoms with E-state index in [1.165, 1.54) is 19.3 Å². The predicted octanol–water partition coefficient (Wildman–Crippen LogP) is 3.30. The Morgan fingerprint density at radius 3 is 2.68 bits per heavy atom. The maximum absolute atomic E-state index is 10.2. The van der Waals surface area contributed by atoms with Gasteiger partial charge in [-0.2, -0.15) is 0 Å². The van der Waals surface area contributed by atoms with Crippen LogP contribution >= 0.6 is 0 Å². The van der Waals surface area contributed by atoms with Crippen LogP contribution in [0.1, 0.15) is 44.7 Å². The van der Waals surface area contributed by atoms with Gasteiger partial charge in [-0.3, -0.25) is 0 Å². The zero-order valence-electron chi connectivity index (χ0n) is 12.3. The van der Waals surface area contributed by atoms with Gasteiger partial charge < -0.3 is 15.3 Å². The van der Waals surface area contributed by atoms with Gasteiger partial charge in [-0.1, -0.05) is 19.4 Å². The van der Waals surface area contributed by atoms with Crippen LogP contribution in [0, 0.1) is 5.92 Å². The summed E-state index contributed by atoms with van der Waals surface area (Å²) in [5.41, 5.74) is 2.08. The second kappa shape index (κ2) is 6.29. The first-order chi connectivity index (χ1) is 9.11. The van der Waals surface area contributed by atoms with Crippen LogP contribution in [0.15, 0.2) is 18.2 Å². The Labute approximate surface area is 116 Å². The average molecular weight is 262 g/mol. The number of benzene rings is 1. The van der Waals surface area contributed by atoms with Crippen LogP contribution in [0.5, 0.6) is 5.75 Å². The second-order valence-electron chi connectivity index (χ2n) is 5.70. The molecule has 1 aliphatic rings. The van der Waals surface area contributed by atoms with E-state index < -0.39 is 0 Å². The summed E-state index contributed by atoms with van der Waals surface area (Å²) in [6.45, 7) is 6.16. The normalized spacial score (nSPS) is 17.0. The number of hydrogen-bond acceptors (Lipinski definition) is 3. The summed E-state index contributed by atoms with van der Waals surface area (Å²) in [5, 5.41) is 13.5. The first-order valence-electron chi connectivity index (χ1n) is 7.39. The molecule has 2 rings (SSSR count). The number of anilines is 1. The summed E-state index contributed by atoms with van der Waals surface area (Å²) in [6, 6.07) is 6.23. The summed E-state index contributed by atoms with van der Waals surface area (Å²) < 4.78 is 0. The van der Waals surface area contributed by atoms with Gasteiger partial charge >= 0.3 is 0 Å². The van der Waals surface area contributed by atoms with Crippen LogP contribution in [0.25, 0.3) is 0 Å². The van der Waals surface area contributed by atoms with Crippen molar-refractivity contribution in [2.45, 2.75) is 39.2 Å². The van der Waals surface area contributed by atoms with Gasteiger partial charge in [-0.15, -0.1) is 0 Å². The quantitative estimate of drug-likeness (QED) is 0.825. The molecule has 0 spiro atoms. The van der Waals surface area contributed by atoms with E-state index in [2.05, 4.69) is 37.2 Å². The molecule has 1 aliphatic carbocycles. The van der Waals surface area contributed by atoms with E-state index >= 15 is 0 Å². The third-order valence-electron chi connectivity index (χ3n) is 4.19. The lowest BCUT2D eigenvalue weighted by molar-refractivity contribution is 0.321. The molecular weight excluding hydrogens is 236 g/mol. The van der Waals surface area contributed by atoms with Crippen LogP contribution in [0.4, 0.5) is 5.69 Å². The van der Waals surface area contributed by atoms with Crippen molar-refractivity contribution in [1.29, 1.82) is 0 Å². The van der Waals surface area contributed by atoms with Crippen molar-refractivity contribution in [3.63, 3.8) is 0 Å². The highest BCUT2D eigenvalue weighted by molar-refractivity contribution is 5.53. The van der Waals surface area contributed by atoms with Gasteiger partial charge in [0.1, 0.15) is 5.75 Å². The molecule has 106 valence electrons. The molecule has 1 aromatic carbocycles. The summed E-state index contributed by atoms with van der Waals surface area (Å²) >= 11 is 0. The third kappa shape index (κ3) is 3.41. The molecule has 1 unspecified atom stereocenters. The Bertz CT molecular complexity index is 415. The van der Waals surface area contributed by atoms with Crippen LogP contribution in [-0.2, 0) is 0 Å². The average Bonchev–Trinajstić information content (AvgIpc) is 2.33. The lowest BCUT2D eigenvalue weighted by Crippen LogP contribution is -2.29. The summed E-state index contributed by atoms with van der Waals surface area (Å²) in [4.78, 5) is 2.26. The van der Waals surface area contributed by atoms with Crippen molar-refractivity contribution < 1.29 is 5.11 Å². The number of aromatic hydroxyl groups is 1. The minimum atomic E-state index is 0.191. The van der Waals surface area contributed by atoms with Crippen LogP contribution in [0.3, 0.4) is 0 Å². The highest BCUT2D eigenvalue weighted by atomic mass is 16.3. The van der Waals surface area contributed by atoms with Crippen molar-refractivity contribution >= 4 is 5.69 Å². The van der Waals surface area contributed by atoms with E-state index in [9.17, 15) is 5.11 Å². The number of hydrogen-bond donors (Lipinski definition) is 2. The molecule has 3 heteroatoms. The lowest BCUT2D eigenvalue weighted by Gasteiger charge is -2.31. The first-order valence-corrected chi connectivity index (χ1v) is 7.39. The third-order valence-corrected chi connectivity index (χ3v) is 4.19. The van der Waals surface area contributed by atoms with Crippen LogP contribution in [-0.4, -0.2) is 25.2 Å². The first kappa shape index (κ1) is 14.2. The second-order valence-corrected chi connectivity index (χ2v) is 5.70. The van der Waals surface area contributed by atoms with E-state index in [4.69, 9.17) is 0 Å². The van der Waals surface area contributed by atoms with Gasteiger partial charge in [-0.25, -0.2) is 0 Å². The van der Waals surface area contributed by atoms with Crippen molar-refractivity contribution in [2.24, 2.45) is 5.92 Å². The molecule has 0 radical (unpaired) electrons. The topological polar surface area (TPSA) is 35.5 Å². The minimum absolute atomic E-state index is 0.191. The Hall–Kier alpha value is -1.22. The Morgan fingerprint density at radius 1 is 1.42 bits per heavy atom. The largest absolute Gasteiger partial charge is 0.508 e. The SMILES string of the molecule is CCNC(C)c1ccc(N(C)CC2CCC2)cc1O. The lowest BCUT2D eigenvalue weighted by atomic mass is 9.85. The van der Waals surface area contributed by atoms with Gasteiger partial charge in [-0.05, 0) is 38.3 Å². The highest BCUT2D eigenvalue weighted by Gasteiger charge is 2.19. The molecule has 0 aromatic heterocycles. The number of phenols is 1. The van der Waals surface area contributed by atoms with Gasteiger partial charge in [0, 0.05) is 37.0 Å². The zero-order chi connectivity index (χ0) is 13.8. The van der Waals surface area contributed by atoms with E-state index in [1.54, 1.807) is 0 Å². The maximum Gasteiger partial charge on any atom is 0.122 e. The smallest absolute Gasteiger partial charge is 0.122 e. The van der Waals surface area contributed by atoms with Gasteiger partial charge in [0.05, 0.1) is 0 Å². The monoisotopic (exact) mass is 262 g/mol.